The molecule has 0 saturated heterocycles. The molecule has 1 aliphatic rings. The number of carbonyl (C=O) groups excluding carboxylic acids is 1. The summed E-state index contributed by atoms with van der Waals surface area (Å²) in [5.74, 6) is -1.31. The zero-order chi connectivity index (χ0) is 15.5. The SMILES string of the molecule is CCC[C@H]([C@@H](O)C(=O)O)N(C(=O)OC(C)(C)C)C1CC1. The average molecular weight is 287 g/mol. The summed E-state index contributed by atoms with van der Waals surface area (Å²) in [6.07, 6.45) is 0.642. The lowest BCUT2D eigenvalue weighted by atomic mass is 10.0. The summed E-state index contributed by atoms with van der Waals surface area (Å²) in [5.41, 5.74) is -0.644. The summed E-state index contributed by atoms with van der Waals surface area (Å²) in [6.45, 7) is 7.18. The topological polar surface area (TPSA) is 87.1 Å². The van der Waals surface area contributed by atoms with Gasteiger partial charge in [0.05, 0.1) is 6.04 Å². The lowest BCUT2D eigenvalue weighted by molar-refractivity contribution is -0.150. The molecule has 1 saturated carbocycles. The van der Waals surface area contributed by atoms with E-state index in [4.69, 9.17) is 9.84 Å². The Hall–Kier alpha value is -1.30. The minimum absolute atomic E-state index is 0.0181. The monoisotopic (exact) mass is 287 g/mol. The molecule has 6 nitrogen and oxygen atoms in total. The summed E-state index contributed by atoms with van der Waals surface area (Å²) < 4.78 is 5.34. The zero-order valence-electron chi connectivity index (χ0n) is 12.6. The number of aliphatic hydroxyl groups excluding tert-OH is 1. The molecule has 1 fully saturated rings. The normalized spacial score (nSPS) is 18.2. The van der Waals surface area contributed by atoms with Crippen LogP contribution in [-0.2, 0) is 9.53 Å². The number of ether oxygens (including phenoxy) is 1. The van der Waals surface area contributed by atoms with E-state index in [1.165, 1.54) is 4.90 Å². The van der Waals surface area contributed by atoms with Crippen LogP contribution in [0.25, 0.3) is 0 Å². The molecule has 0 heterocycles. The van der Waals surface area contributed by atoms with Gasteiger partial charge in [-0.3, -0.25) is 4.90 Å². The summed E-state index contributed by atoms with van der Waals surface area (Å²) in [7, 11) is 0. The number of carboxylic acid groups (broad SMARTS) is 1. The standard InChI is InChI=1S/C14H25NO5/c1-5-6-10(11(16)12(17)18)15(9-7-8-9)13(19)20-14(2,3)4/h9-11,16H,5-8H2,1-4H3,(H,17,18)/t10-,11-/m1/s1. The number of aliphatic carboxylic acids is 1. The third kappa shape index (κ3) is 4.67. The van der Waals surface area contributed by atoms with Crippen LogP contribution < -0.4 is 0 Å². The van der Waals surface area contributed by atoms with E-state index in [0.29, 0.717) is 12.8 Å². The molecule has 0 unspecified atom stereocenters. The lowest BCUT2D eigenvalue weighted by Gasteiger charge is -2.35. The van der Waals surface area contributed by atoms with Gasteiger partial charge in [-0.25, -0.2) is 9.59 Å². The van der Waals surface area contributed by atoms with E-state index in [1.807, 2.05) is 6.92 Å². The van der Waals surface area contributed by atoms with E-state index < -0.39 is 29.8 Å². The van der Waals surface area contributed by atoms with Crippen LogP contribution in [-0.4, -0.2) is 51.0 Å². The molecule has 0 spiro atoms. The third-order valence-electron chi connectivity index (χ3n) is 3.10. The third-order valence-corrected chi connectivity index (χ3v) is 3.10. The second-order valence-corrected chi connectivity index (χ2v) is 6.26. The van der Waals surface area contributed by atoms with Gasteiger partial charge < -0.3 is 14.9 Å². The number of carbonyl (C=O) groups is 2. The number of nitrogens with zero attached hydrogens (tertiary/aromatic N) is 1. The maximum atomic E-state index is 12.3. The first-order chi connectivity index (χ1) is 9.17. The molecule has 2 atom stereocenters. The van der Waals surface area contributed by atoms with Gasteiger partial charge in [0.2, 0.25) is 0 Å². The fraction of sp³-hybridized carbons (Fsp3) is 0.857. The molecule has 1 aliphatic carbocycles. The van der Waals surface area contributed by atoms with Crippen LogP contribution in [0.5, 0.6) is 0 Å². The highest BCUT2D eigenvalue weighted by Gasteiger charge is 2.43. The first-order valence-electron chi connectivity index (χ1n) is 7.09. The highest BCUT2D eigenvalue weighted by Crippen LogP contribution is 2.32. The number of hydrogen-bond acceptors (Lipinski definition) is 4. The predicted octanol–water partition coefficient (Wildman–Crippen LogP) is 2.00. The van der Waals surface area contributed by atoms with Crippen molar-refractivity contribution in [2.24, 2.45) is 0 Å². The van der Waals surface area contributed by atoms with Gasteiger partial charge in [-0.15, -0.1) is 0 Å². The van der Waals surface area contributed by atoms with Crippen molar-refractivity contribution in [3.63, 3.8) is 0 Å². The molecule has 0 aromatic rings. The van der Waals surface area contributed by atoms with Crippen LogP contribution in [0.4, 0.5) is 4.79 Å². The molecule has 0 radical (unpaired) electrons. The van der Waals surface area contributed by atoms with E-state index in [0.717, 1.165) is 12.8 Å². The Morgan fingerprint density at radius 2 is 1.90 bits per heavy atom. The fourth-order valence-corrected chi connectivity index (χ4v) is 2.13. The Kier molecular flexibility index (Phi) is 5.39. The van der Waals surface area contributed by atoms with E-state index in [2.05, 4.69) is 0 Å². The smallest absolute Gasteiger partial charge is 0.410 e. The van der Waals surface area contributed by atoms with Gasteiger partial charge in [0, 0.05) is 6.04 Å². The average Bonchev–Trinajstić information content (AvgIpc) is 3.09. The van der Waals surface area contributed by atoms with E-state index in [-0.39, 0.29) is 6.04 Å². The van der Waals surface area contributed by atoms with Gasteiger partial charge in [0.1, 0.15) is 5.60 Å². The molecule has 1 rings (SSSR count). The minimum atomic E-state index is -1.58. The molecule has 20 heavy (non-hydrogen) atoms. The molecular weight excluding hydrogens is 262 g/mol. The summed E-state index contributed by atoms with van der Waals surface area (Å²) >= 11 is 0. The Morgan fingerprint density at radius 3 is 2.25 bits per heavy atom. The van der Waals surface area contributed by atoms with Crippen molar-refractivity contribution in [2.45, 2.75) is 77.2 Å². The van der Waals surface area contributed by atoms with E-state index in [9.17, 15) is 14.7 Å². The van der Waals surface area contributed by atoms with Gasteiger partial charge in [-0.1, -0.05) is 13.3 Å². The largest absolute Gasteiger partial charge is 0.479 e. The summed E-state index contributed by atoms with van der Waals surface area (Å²) in [4.78, 5) is 24.7. The molecule has 0 aromatic heterocycles. The van der Waals surface area contributed by atoms with Gasteiger partial charge in [-0.2, -0.15) is 0 Å². The Balaban J connectivity index is 2.90. The van der Waals surface area contributed by atoms with Gasteiger partial charge in [0.15, 0.2) is 6.10 Å². The molecule has 1 amide bonds. The van der Waals surface area contributed by atoms with Crippen molar-refractivity contribution < 1.29 is 24.5 Å². The molecule has 0 aliphatic heterocycles. The molecular formula is C14H25NO5. The molecule has 6 heteroatoms. The van der Waals surface area contributed by atoms with Crippen molar-refractivity contribution in [3.8, 4) is 0 Å². The Bertz CT molecular complexity index is 359. The molecule has 0 aromatic carbocycles. The number of amides is 1. The Morgan fingerprint density at radius 1 is 1.35 bits per heavy atom. The van der Waals surface area contributed by atoms with Crippen molar-refractivity contribution in [2.75, 3.05) is 0 Å². The van der Waals surface area contributed by atoms with Crippen LogP contribution in [0.3, 0.4) is 0 Å². The van der Waals surface area contributed by atoms with Gasteiger partial charge in [-0.05, 0) is 40.0 Å². The fourth-order valence-electron chi connectivity index (χ4n) is 2.13. The van der Waals surface area contributed by atoms with Crippen molar-refractivity contribution in [1.29, 1.82) is 0 Å². The van der Waals surface area contributed by atoms with Gasteiger partial charge >= 0.3 is 12.1 Å². The van der Waals surface area contributed by atoms with E-state index in [1.54, 1.807) is 20.8 Å². The minimum Gasteiger partial charge on any atom is -0.479 e. The molecule has 2 N–H and O–H groups in total. The van der Waals surface area contributed by atoms with Crippen molar-refractivity contribution in [3.05, 3.63) is 0 Å². The second kappa shape index (κ2) is 6.43. The lowest BCUT2D eigenvalue weighted by Crippen LogP contribution is -2.52. The maximum Gasteiger partial charge on any atom is 0.410 e. The van der Waals surface area contributed by atoms with E-state index >= 15 is 0 Å². The van der Waals surface area contributed by atoms with Crippen LogP contribution in [0.1, 0.15) is 53.4 Å². The summed E-state index contributed by atoms with van der Waals surface area (Å²) in [6, 6.07) is -0.754. The summed E-state index contributed by atoms with van der Waals surface area (Å²) in [5, 5.41) is 18.9. The predicted molar refractivity (Wildman–Crippen MR) is 73.4 cm³/mol. The maximum absolute atomic E-state index is 12.3. The number of hydrogen-bond donors (Lipinski definition) is 2. The Labute approximate surface area is 119 Å². The van der Waals surface area contributed by atoms with Crippen LogP contribution in [0, 0.1) is 0 Å². The highest BCUT2D eigenvalue weighted by atomic mass is 16.6. The van der Waals surface area contributed by atoms with Crippen molar-refractivity contribution >= 4 is 12.1 Å². The highest BCUT2D eigenvalue weighted by molar-refractivity contribution is 5.75. The zero-order valence-corrected chi connectivity index (χ0v) is 12.6. The molecule has 116 valence electrons. The van der Waals surface area contributed by atoms with Crippen LogP contribution in [0.15, 0.2) is 0 Å². The van der Waals surface area contributed by atoms with Crippen molar-refractivity contribution in [1.82, 2.24) is 4.90 Å². The first-order valence-corrected chi connectivity index (χ1v) is 7.09. The first kappa shape index (κ1) is 16.8. The van der Waals surface area contributed by atoms with Crippen LogP contribution >= 0.6 is 0 Å². The second-order valence-electron chi connectivity index (χ2n) is 6.26. The number of carboxylic acids is 1. The number of rotatable bonds is 6. The van der Waals surface area contributed by atoms with Crippen LogP contribution in [0.2, 0.25) is 0 Å². The quantitative estimate of drug-likeness (QED) is 0.780. The molecule has 0 bridgehead atoms. The number of aliphatic hydroxyl groups is 1. The van der Waals surface area contributed by atoms with Gasteiger partial charge in [0.25, 0.3) is 0 Å².